The Morgan fingerprint density at radius 2 is 1.88 bits per heavy atom. The molecular formula is C14H16N2O. The SMILES string of the molecule is CC(=O)c1cnn(C(C)C)c1-c1ccccc1. The van der Waals surface area contributed by atoms with Crippen LogP contribution in [0.2, 0.25) is 0 Å². The topological polar surface area (TPSA) is 34.9 Å². The van der Waals surface area contributed by atoms with Crippen molar-refractivity contribution in [2.75, 3.05) is 0 Å². The predicted molar refractivity (Wildman–Crippen MR) is 68.1 cm³/mol. The number of nitrogens with zero attached hydrogens (tertiary/aromatic N) is 2. The van der Waals surface area contributed by atoms with Crippen molar-refractivity contribution in [3.8, 4) is 11.3 Å². The minimum absolute atomic E-state index is 0.0516. The second-order valence-electron chi connectivity index (χ2n) is 4.37. The van der Waals surface area contributed by atoms with E-state index in [9.17, 15) is 4.79 Å². The molecule has 0 aliphatic carbocycles. The van der Waals surface area contributed by atoms with Crippen molar-refractivity contribution in [2.45, 2.75) is 26.8 Å². The molecule has 3 heteroatoms. The van der Waals surface area contributed by atoms with Gasteiger partial charge in [-0.2, -0.15) is 5.10 Å². The fourth-order valence-corrected chi connectivity index (χ4v) is 1.90. The lowest BCUT2D eigenvalue weighted by molar-refractivity contribution is 0.101. The molecule has 2 rings (SSSR count). The first-order valence-corrected chi connectivity index (χ1v) is 5.75. The molecule has 0 bridgehead atoms. The number of Topliss-reactive ketones (excluding diaryl/α,β-unsaturated/α-hetero) is 1. The van der Waals surface area contributed by atoms with Gasteiger partial charge < -0.3 is 0 Å². The van der Waals surface area contributed by atoms with E-state index in [2.05, 4.69) is 18.9 Å². The Labute approximate surface area is 101 Å². The van der Waals surface area contributed by atoms with Crippen molar-refractivity contribution in [2.24, 2.45) is 0 Å². The number of carbonyl (C=O) groups excluding carboxylic acids is 1. The van der Waals surface area contributed by atoms with Gasteiger partial charge in [-0.25, -0.2) is 0 Å². The molecule has 0 N–H and O–H groups in total. The fourth-order valence-electron chi connectivity index (χ4n) is 1.90. The molecule has 0 saturated carbocycles. The van der Waals surface area contributed by atoms with E-state index < -0.39 is 0 Å². The van der Waals surface area contributed by atoms with Crippen LogP contribution in [-0.4, -0.2) is 15.6 Å². The van der Waals surface area contributed by atoms with E-state index in [1.54, 1.807) is 13.1 Å². The zero-order chi connectivity index (χ0) is 12.4. The van der Waals surface area contributed by atoms with Crippen LogP contribution in [0, 0.1) is 0 Å². The van der Waals surface area contributed by atoms with Crippen LogP contribution in [0.3, 0.4) is 0 Å². The highest BCUT2D eigenvalue weighted by Crippen LogP contribution is 2.26. The molecule has 0 unspecified atom stereocenters. The summed E-state index contributed by atoms with van der Waals surface area (Å²) in [5, 5.41) is 4.31. The Bertz CT molecular complexity index is 526. The van der Waals surface area contributed by atoms with Gasteiger partial charge in [0.05, 0.1) is 17.5 Å². The molecule has 0 spiro atoms. The molecule has 1 aromatic heterocycles. The van der Waals surface area contributed by atoms with Crippen molar-refractivity contribution in [3.63, 3.8) is 0 Å². The summed E-state index contributed by atoms with van der Waals surface area (Å²) in [5.74, 6) is 0.0516. The van der Waals surface area contributed by atoms with Crippen molar-refractivity contribution in [1.29, 1.82) is 0 Å². The second kappa shape index (κ2) is 4.53. The van der Waals surface area contributed by atoms with E-state index in [0.29, 0.717) is 5.56 Å². The zero-order valence-electron chi connectivity index (χ0n) is 10.3. The lowest BCUT2D eigenvalue weighted by atomic mass is 10.1. The first-order chi connectivity index (χ1) is 8.11. The molecule has 0 radical (unpaired) electrons. The summed E-state index contributed by atoms with van der Waals surface area (Å²) in [7, 11) is 0. The maximum Gasteiger partial charge on any atom is 0.163 e. The molecule has 0 fully saturated rings. The van der Waals surface area contributed by atoms with Gasteiger partial charge in [0, 0.05) is 11.6 Å². The highest BCUT2D eigenvalue weighted by Gasteiger charge is 2.17. The maximum atomic E-state index is 11.6. The third-order valence-corrected chi connectivity index (χ3v) is 2.71. The zero-order valence-corrected chi connectivity index (χ0v) is 10.3. The molecule has 0 atom stereocenters. The standard InChI is InChI=1S/C14H16N2O/c1-10(2)16-14(12-7-5-4-6-8-12)13(9-15-16)11(3)17/h4-10H,1-3H3. The van der Waals surface area contributed by atoms with Crippen molar-refractivity contribution in [1.82, 2.24) is 9.78 Å². The van der Waals surface area contributed by atoms with E-state index in [4.69, 9.17) is 0 Å². The number of rotatable bonds is 3. The Balaban J connectivity index is 2.65. The quantitative estimate of drug-likeness (QED) is 0.755. The first kappa shape index (κ1) is 11.6. The van der Waals surface area contributed by atoms with Crippen LogP contribution in [0.25, 0.3) is 11.3 Å². The lowest BCUT2D eigenvalue weighted by Crippen LogP contribution is -2.06. The molecule has 88 valence electrons. The molecule has 3 nitrogen and oxygen atoms in total. The fraction of sp³-hybridized carbons (Fsp3) is 0.286. The summed E-state index contributed by atoms with van der Waals surface area (Å²) in [4.78, 5) is 11.6. The summed E-state index contributed by atoms with van der Waals surface area (Å²) >= 11 is 0. The minimum Gasteiger partial charge on any atom is -0.294 e. The first-order valence-electron chi connectivity index (χ1n) is 5.75. The number of carbonyl (C=O) groups is 1. The van der Waals surface area contributed by atoms with Gasteiger partial charge in [0.15, 0.2) is 5.78 Å². The Morgan fingerprint density at radius 1 is 1.24 bits per heavy atom. The summed E-state index contributed by atoms with van der Waals surface area (Å²) in [6, 6.07) is 10.1. The van der Waals surface area contributed by atoms with Crippen LogP contribution in [0.4, 0.5) is 0 Å². The molecule has 17 heavy (non-hydrogen) atoms. The van der Waals surface area contributed by atoms with Gasteiger partial charge in [0.1, 0.15) is 0 Å². The highest BCUT2D eigenvalue weighted by atomic mass is 16.1. The summed E-state index contributed by atoms with van der Waals surface area (Å²) in [6.45, 7) is 5.70. The minimum atomic E-state index is 0.0516. The van der Waals surface area contributed by atoms with Crippen LogP contribution in [0.1, 0.15) is 37.2 Å². The number of hydrogen-bond donors (Lipinski definition) is 0. The molecule has 1 heterocycles. The summed E-state index contributed by atoms with van der Waals surface area (Å²) in [6.07, 6.45) is 1.66. The molecule has 0 aliphatic rings. The van der Waals surface area contributed by atoms with Gasteiger partial charge in [0.25, 0.3) is 0 Å². The van der Waals surface area contributed by atoms with E-state index in [1.807, 2.05) is 35.0 Å². The molecule has 1 aromatic carbocycles. The molecule has 0 aliphatic heterocycles. The molecular weight excluding hydrogens is 212 g/mol. The van der Waals surface area contributed by atoms with Crippen LogP contribution in [0.5, 0.6) is 0 Å². The second-order valence-corrected chi connectivity index (χ2v) is 4.37. The van der Waals surface area contributed by atoms with E-state index in [-0.39, 0.29) is 11.8 Å². The van der Waals surface area contributed by atoms with Gasteiger partial charge in [0.2, 0.25) is 0 Å². The van der Waals surface area contributed by atoms with Gasteiger partial charge >= 0.3 is 0 Å². The van der Waals surface area contributed by atoms with Gasteiger partial charge in [-0.1, -0.05) is 30.3 Å². The summed E-state index contributed by atoms with van der Waals surface area (Å²) < 4.78 is 1.89. The molecule has 0 amide bonds. The van der Waals surface area contributed by atoms with E-state index in [1.165, 1.54) is 0 Å². The summed E-state index contributed by atoms with van der Waals surface area (Å²) in [5.41, 5.74) is 2.63. The average Bonchev–Trinajstić information content (AvgIpc) is 2.74. The highest BCUT2D eigenvalue weighted by molar-refractivity contribution is 5.99. The van der Waals surface area contributed by atoms with Gasteiger partial charge in [-0.3, -0.25) is 9.48 Å². The van der Waals surface area contributed by atoms with E-state index in [0.717, 1.165) is 11.3 Å². The van der Waals surface area contributed by atoms with Crippen molar-refractivity contribution in [3.05, 3.63) is 42.1 Å². The van der Waals surface area contributed by atoms with Gasteiger partial charge in [-0.05, 0) is 20.8 Å². The number of ketones is 1. The number of aromatic nitrogens is 2. The Morgan fingerprint density at radius 3 is 2.41 bits per heavy atom. The predicted octanol–water partition coefficient (Wildman–Crippen LogP) is 3.33. The third kappa shape index (κ3) is 2.13. The third-order valence-electron chi connectivity index (χ3n) is 2.71. The number of hydrogen-bond acceptors (Lipinski definition) is 2. The van der Waals surface area contributed by atoms with Crippen LogP contribution in [0.15, 0.2) is 36.5 Å². The van der Waals surface area contributed by atoms with Crippen LogP contribution < -0.4 is 0 Å². The number of benzene rings is 1. The Hall–Kier alpha value is -1.90. The van der Waals surface area contributed by atoms with Crippen molar-refractivity contribution >= 4 is 5.78 Å². The van der Waals surface area contributed by atoms with Gasteiger partial charge in [-0.15, -0.1) is 0 Å². The molecule has 2 aromatic rings. The van der Waals surface area contributed by atoms with E-state index >= 15 is 0 Å². The normalized spacial score (nSPS) is 10.8. The average molecular weight is 228 g/mol. The Kier molecular flexibility index (Phi) is 3.09. The van der Waals surface area contributed by atoms with Crippen molar-refractivity contribution < 1.29 is 4.79 Å². The smallest absolute Gasteiger partial charge is 0.163 e. The monoisotopic (exact) mass is 228 g/mol. The lowest BCUT2D eigenvalue weighted by Gasteiger charge is -2.12. The largest absolute Gasteiger partial charge is 0.294 e. The van der Waals surface area contributed by atoms with Crippen LogP contribution in [-0.2, 0) is 0 Å². The van der Waals surface area contributed by atoms with Crippen LogP contribution >= 0.6 is 0 Å². The molecule has 0 saturated heterocycles. The maximum absolute atomic E-state index is 11.6.